The van der Waals surface area contributed by atoms with E-state index in [1.807, 2.05) is 25.1 Å². The number of rotatable bonds is 5. The lowest BCUT2D eigenvalue weighted by atomic mass is 10.0. The third-order valence-corrected chi connectivity index (χ3v) is 2.93. The van der Waals surface area contributed by atoms with Crippen LogP contribution in [0.2, 0.25) is 0 Å². The number of hydrogen-bond donors (Lipinski definition) is 1. The van der Waals surface area contributed by atoms with E-state index in [2.05, 4.69) is 26.8 Å². The molecule has 0 amide bonds. The van der Waals surface area contributed by atoms with Gasteiger partial charge in [-0.3, -0.25) is 0 Å². The molecular formula is C14H23NO. The molecule has 1 aromatic rings. The van der Waals surface area contributed by atoms with Gasteiger partial charge in [0.15, 0.2) is 0 Å². The maximum Gasteiger partial charge on any atom is 0.123 e. The molecule has 0 aromatic heterocycles. The summed E-state index contributed by atoms with van der Waals surface area (Å²) in [5.41, 5.74) is 7.21. The lowest BCUT2D eigenvalue weighted by molar-refractivity contribution is 0.185. The van der Waals surface area contributed by atoms with Gasteiger partial charge in [-0.1, -0.05) is 39.0 Å². The van der Waals surface area contributed by atoms with Gasteiger partial charge in [0.2, 0.25) is 0 Å². The minimum Gasteiger partial charge on any atom is -0.489 e. The summed E-state index contributed by atoms with van der Waals surface area (Å²) >= 11 is 0. The monoisotopic (exact) mass is 221 g/mol. The second-order valence-electron chi connectivity index (χ2n) is 4.59. The summed E-state index contributed by atoms with van der Waals surface area (Å²) in [4.78, 5) is 0. The first-order chi connectivity index (χ1) is 7.56. The van der Waals surface area contributed by atoms with Crippen molar-refractivity contribution in [3.63, 3.8) is 0 Å². The Bertz CT molecular complexity index is 322. The molecule has 0 fully saturated rings. The number of benzene rings is 1. The average Bonchev–Trinajstić information content (AvgIpc) is 2.28. The standard InChI is InChI=1S/C14H23NO/c1-5-13(15)11(4)16-14-9-7-6-8-12(14)10(2)3/h6-11,13H,5,15H2,1-4H3. The molecule has 0 saturated heterocycles. The van der Waals surface area contributed by atoms with E-state index < -0.39 is 0 Å². The molecule has 2 nitrogen and oxygen atoms in total. The van der Waals surface area contributed by atoms with Crippen molar-refractivity contribution in [3.05, 3.63) is 29.8 Å². The first-order valence-corrected chi connectivity index (χ1v) is 6.07. The Labute approximate surface area is 98.8 Å². The molecule has 0 saturated carbocycles. The predicted octanol–water partition coefficient (Wildman–Crippen LogP) is 3.31. The van der Waals surface area contributed by atoms with Crippen molar-refractivity contribution < 1.29 is 4.74 Å². The highest BCUT2D eigenvalue weighted by Gasteiger charge is 2.14. The molecule has 0 aliphatic heterocycles. The molecule has 2 N–H and O–H groups in total. The molecule has 0 bridgehead atoms. The minimum absolute atomic E-state index is 0.0601. The van der Waals surface area contributed by atoms with Crippen molar-refractivity contribution in [2.45, 2.75) is 52.2 Å². The zero-order chi connectivity index (χ0) is 12.1. The van der Waals surface area contributed by atoms with Gasteiger partial charge < -0.3 is 10.5 Å². The summed E-state index contributed by atoms with van der Waals surface area (Å²) in [6, 6.07) is 8.29. The van der Waals surface area contributed by atoms with Gasteiger partial charge in [0, 0.05) is 6.04 Å². The number of nitrogens with two attached hydrogens (primary N) is 1. The predicted molar refractivity (Wildman–Crippen MR) is 68.9 cm³/mol. The lowest BCUT2D eigenvalue weighted by Gasteiger charge is -2.22. The van der Waals surface area contributed by atoms with Crippen LogP contribution in [-0.2, 0) is 0 Å². The molecule has 0 radical (unpaired) electrons. The van der Waals surface area contributed by atoms with Gasteiger partial charge in [-0.05, 0) is 30.9 Å². The van der Waals surface area contributed by atoms with E-state index in [0.717, 1.165) is 12.2 Å². The number of hydrogen-bond acceptors (Lipinski definition) is 2. The van der Waals surface area contributed by atoms with Crippen LogP contribution in [0.5, 0.6) is 5.75 Å². The molecule has 1 rings (SSSR count). The van der Waals surface area contributed by atoms with Crippen LogP contribution in [-0.4, -0.2) is 12.1 Å². The van der Waals surface area contributed by atoms with Gasteiger partial charge in [0.1, 0.15) is 11.9 Å². The average molecular weight is 221 g/mol. The highest BCUT2D eigenvalue weighted by Crippen LogP contribution is 2.27. The van der Waals surface area contributed by atoms with Crippen LogP contribution in [0.3, 0.4) is 0 Å². The van der Waals surface area contributed by atoms with Gasteiger partial charge in [0.25, 0.3) is 0 Å². The maximum absolute atomic E-state index is 5.97. The lowest BCUT2D eigenvalue weighted by Crippen LogP contribution is -2.36. The highest BCUT2D eigenvalue weighted by atomic mass is 16.5. The van der Waals surface area contributed by atoms with Crippen molar-refractivity contribution in [2.75, 3.05) is 0 Å². The van der Waals surface area contributed by atoms with Gasteiger partial charge in [-0.2, -0.15) is 0 Å². The highest BCUT2D eigenvalue weighted by molar-refractivity contribution is 5.35. The van der Waals surface area contributed by atoms with Crippen LogP contribution in [0.4, 0.5) is 0 Å². The summed E-state index contributed by atoms with van der Waals surface area (Å²) in [5.74, 6) is 1.44. The first-order valence-electron chi connectivity index (χ1n) is 6.07. The fraction of sp³-hybridized carbons (Fsp3) is 0.571. The number of para-hydroxylation sites is 1. The molecule has 2 atom stereocenters. The van der Waals surface area contributed by atoms with Gasteiger partial charge in [-0.25, -0.2) is 0 Å². The fourth-order valence-corrected chi connectivity index (χ4v) is 1.68. The van der Waals surface area contributed by atoms with Gasteiger partial charge >= 0.3 is 0 Å². The normalized spacial score (nSPS) is 14.9. The largest absolute Gasteiger partial charge is 0.489 e. The van der Waals surface area contributed by atoms with Gasteiger partial charge in [0.05, 0.1) is 0 Å². The molecule has 2 heteroatoms. The van der Waals surface area contributed by atoms with Gasteiger partial charge in [-0.15, -0.1) is 0 Å². The third kappa shape index (κ3) is 3.24. The smallest absolute Gasteiger partial charge is 0.123 e. The summed E-state index contributed by atoms with van der Waals surface area (Å²) in [6.45, 7) is 8.46. The zero-order valence-corrected chi connectivity index (χ0v) is 10.7. The van der Waals surface area contributed by atoms with Crippen molar-refractivity contribution in [1.29, 1.82) is 0 Å². The second kappa shape index (κ2) is 5.90. The van der Waals surface area contributed by atoms with Crippen LogP contribution >= 0.6 is 0 Å². The summed E-state index contributed by atoms with van der Waals surface area (Å²) in [6.07, 6.45) is 0.996. The molecule has 2 unspecified atom stereocenters. The molecule has 0 aliphatic carbocycles. The topological polar surface area (TPSA) is 35.2 Å². The van der Waals surface area contributed by atoms with Crippen LogP contribution in [0.25, 0.3) is 0 Å². The van der Waals surface area contributed by atoms with Crippen molar-refractivity contribution in [3.8, 4) is 5.75 Å². The molecule has 0 aliphatic rings. The second-order valence-corrected chi connectivity index (χ2v) is 4.59. The Morgan fingerprint density at radius 2 is 1.81 bits per heavy atom. The first kappa shape index (κ1) is 13.0. The molecule has 16 heavy (non-hydrogen) atoms. The van der Waals surface area contributed by atoms with E-state index in [0.29, 0.717) is 5.92 Å². The minimum atomic E-state index is 0.0601. The van der Waals surface area contributed by atoms with Crippen molar-refractivity contribution in [2.24, 2.45) is 5.73 Å². The Morgan fingerprint density at radius 3 is 2.38 bits per heavy atom. The third-order valence-electron chi connectivity index (χ3n) is 2.93. The van der Waals surface area contributed by atoms with Crippen molar-refractivity contribution >= 4 is 0 Å². The quantitative estimate of drug-likeness (QED) is 0.828. The SMILES string of the molecule is CCC(N)C(C)Oc1ccccc1C(C)C. The van der Waals surface area contributed by atoms with E-state index in [1.165, 1.54) is 5.56 Å². The van der Waals surface area contributed by atoms with Crippen LogP contribution in [0.1, 0.15) is 45.6 Å². The molecule has 0 heterocycles. The number of ether oxygens (including phenoxy) is 1. The van der Waals surface area contributed by atoms with Crippen LogP contribution in [0, 0.1) is 0 Å². The van der Waals surface area contributed by atoms with Crippen LogP contribution < -0.4 is 10.5 Å². The van der Waals surface area contributed by atoms with E-state index in [1.54, 1.807) is 0 Å². The van der Waals surface area contributed by atoms with E-state index in [4.69, 9.17) is 10.5 Å². The zero-order valence-electron chi connectivity index (χ0n) is 10.7. The maximum atomic E-state index is 5.97. The molecule has 0 spiro atoms. The molecule has 1 aromatic carbocycles. The molecule has 90 valence electrons. The Morgan fingerprint density at radius 1 is 1.19 bits per heavy atom. The van der Waals surface area contributed by atoms with Crippen LogP contribution in [0.15, 0.2) is 24.3 Å². The summed E-state index contributed by atoms with van der Waals surface area (Å²) in [5, 5.41) is 0. The van der Waals surface area contributed by atoms with Crippen molar-refractivity contribution in [1.82, 2.24) is 0 Å². The molecular weight excluding hydrogens is 198 g/mol. The fourth-order valence-electron chi connectivity index (χ4n) is 1.68. The Balaban J connectivity index is 2.80. The summed E-state index contributed by atoms with van der Waals surface area (Å²) < 4.78 is 5.93. The van der Waals surface area contributed by atoms with E-state index in [9.17, 15) is 0 Å². The Hall–Kier alpha value is -1.02. The Kier molecular flexibility index (Phi) is 4.81. The van der Waals surface area contributed by atoms with E-state index >= 15 is 0 Å². The van der Waals surface area contributed by atoms with E-state index in [-0.39, 0.29) is 12.1 Å². The summed E-state index contributed by atoms with van der Waals surface area (Å²) in [7, 11) is 0.